The second-order valence-corrected chi connectivity index (χ2v) is 10.3. The Morgan fingerprint density at radius 3 is 2.65 bits per heavy atom. The minimum atomic E-state index is -4.49. The van der Waals surface area contributed by atoms with Gasteiger partial charge in [-0.2, -0.15) is 18.4 Å². The number of hydrogen-bond acceptors (Lipinski definition) is 8. The van der Waals surface area contributed by atoms with E-state index >= 15 is 0 Å². The number of alkyl halides is 3. The van der Waals surface area contributed by atoms with E-state index in [-0.39, 0.29) is 50.2 Å². The Bertz CT molecular complexity index is 1280. The summed E-state index contributed by atoms with van der Waals surface area (Å²) in [5.74, 6) is 0.154. The number of rotatable bonds is 6. The summed E-state index contributed by atoms with van der Waals surface area (Å²) in [6.45, 7) is 4.67. The summed E-state index contributed by atoms with van der Waals surface area (Å²) in [5.41, 5.74) is -5.12. The molecule has 0 aliphatic heterocycles. The molecule has 3 aromatic rings. The number of hydrogen-bond donors (Lipinski definition) is 1. The lowest BCUT2D eigenvalue weighted by Crippen LogP contribution is -2.25. The molecule has 0 aromatic carbocycles. The highest BCUT2D eigenvalue weighted by molar-refractivity contribution is 8.00. The molecule has 0 aliphatic carbocycles. The highest BCUT2D eigenvalue weighted by atomic mass is 32.2. The fraction of sp³-hybridized carbons (Fsp3) is 0.333. The number of halogens is 3. The molecule has 8 nitrogen and oxygen atoms in total. The van der Waals surface area contributed by atoms with Gasteiger partial charge in [0.1, 0.15) is 40.2 Å². The van der Waals surface area contributed by atoms with Gasteiger partial charge in [-0.15, -0.1) is 0 Å². The molecule has 3 rings (SSSR count). The molecule has 0 radical (unpaired) electrons. The van der Waals surface area contributed by atoms with Crippen molar-refractivity contribution in [3.63, 3.8) is 0 Å². The summed E-state index contributed by atoms with van der Waals surface area (Å²) in [5, 5.41) is 8.88. The number of nitrogens with zero attached hydrogens (tertiary/aromatic N) is 5. The standard InChI is InChI=1S/C18H17F3N6O2S2/c1-4-31(23,28)13-5-11(29-17(2,3)9-22)7-24-16(13)12-8-27-10-25-15(6-14(27)26-12)30-18(19,20)21/h5-8,10,23H,4H2,1-3H3. The summed E-state index contributed by atoms with van der Waals surface area (Å²) in [7, 11) is -3.27. The smallest absolute Gasteiger partial charge is 0.447 e. The Morgan fingerprint density at radius 2 is 2.03 bits per heavy atom. The molecule has 1 unspecified atom stereocenters. The third-order valence-corrected chi connectivity index (χ3v) is 6.52. The average Bonchev–Trinajstić information content (AvgIpc) is 3.09. The summed E-state index contributed by atoms with van der Waals surface area (Å²) < 4.78 is 66.0. The monoisotopic (exact) mass is 470 g/mol. The predicted molar refractivity (Wildman–Crippen MR) is 108 cm³/mol. The van der Waals surface area contributed by atoms with Crippen LogP contribution >= 0.6 is 11.8 Å². The highest BCUT2D eigenvalue weighted by Crippen LogP contribution is 2.36. The van der Waals surface area contributed by atoms with Crippen molar-refractivity contribution >= 4 is 27.1 Å². The van der Waals surface area contributed by atoms with Crippen molar-refractivity contribution in [2.75, 3.05) is 5.75 Å². The zero-order valence-electron chi connectivity index (χ0n) is 16.6. The lowest BCUT2D eigenvalue weighted by Gasteiger charge is -2.19. The number of nitriles is 1. The zero-order chi connectivity index (χ0) is 23.0. The van der Waals surface area contributed by atoms with E-state index < -0.39 is 20.8 Å². The second kappa shape index (κ2) is 8.01. The Hall–Kier alpha value is -2.85. The molecular formula is C18H17F3N6O2S2. The quantitative estimate of drug-likeness (QED) is 0.416. The third kappa shape index (κ3) is 5.26. The van der Waals surface area contributed by atoms with E-state index in [9.17, 15) is 17.4 Å². The van der Waals surface area contributed by atoms with E-state index in [1.165, 1.54) is 35.3 Å². The molecule has 3 heterocycles. The van der Waals surface area contributed by atoms with E-state index in [0.717, 1.165) is 0 Å². The number of nitrogens with one attached hydrogen (secondary N) is 1. The maximum atomic E-state index is 12.9. The first-order valence-electron chi connectivity index (χ1n) is 8.81. The third-order valence-electron chi connectivity index (χ3n) is 4.02. The summed E-state index contributed by atoms with van der Waals surface area (Å²) >= 11 is -0.358. The van der Waals surface area contributed by atoms with E-state index in [1.54, 1.807) is 20.8 Å². The fourth-order valence-corrected chi connectivity index (χ4v) is 4.15. The predicted octanol–water partition coefficient (Wildman–Crippen LogP) is 4.51. The van der Waals surface area contributed by atoms with Crippen LogP contribution in [0.4, 0.5) is 13.2 Å². The molecule has 0 saturated carbocycles. The Labute approximate surface area is 180 Å². The van der Waals surface area contributed by atoms with Gasteiger partial charge in [-0.25, -0.2) is 23.9 Å². The van der Waals surface area contributed by atoms with Crippen LogP contribution in [0.1, 0.15) is 20.8 Å². The molecule has 0 bridgehead atoms. The summed E-state index contributed by atoms with van der Waals surface area (Å²) in [4.78, 5) is 12.3. The Balaban J connectivity index is 2.11. The molecule has 31 heavy (non-hydrogen) atoms. The molecule has 0 spiro atoms. The maximum Gasteiger partial charge on any atom is 0.447 e. The fourth-order valence-electron chi connectivity index (χ4n) is 2.56. The first-order valence-corrected chi connectivity index (χ1v) is 11.4. The molecule has 0 aliphatic rings. The SMILES string of the molecule is CCS(=N)(=O)c1cc(OC(C)(C)C#N)cnc1-c1cn2cnc(SC(F)(F)F)cc2n1. The molecule has 0 saturated heterocycles. The maximum absolute atomic E-state index is 12.9. The van der Waals surface area contributed by atoms with Crippen LogP contribution in [0.2, 0.25) is 0 Å². The Kier molecular flexibility index (Phi) is 5.90. The van der Waals surface area contributed by atoms with Gasteiger partial charge in [-0.1, -0.05) is 6.92 Å². The number of imidazole rings is 1. The lowest BCUT2D eigenvalue weighted by atomic mass is 10.2. The molecule has 0 fully saturated rings. The van der Waals surface area contributed by atoms with Crippen LogP contribution in [0.15, 0.2) is 40.8 Å². The van der Waals surface area contributed by atoms with Crippen molar-refractivity contribution in [3.05, 3.63) is 30.9 Å². The van der Waals surface area contributed by atoms with Crippen molar-refractivity contribution in [3.8, 4) is 23.2 Å². The summed E-state index contributed by atoms with van der Waals surface area (Å²) in [6.07, 6.45) is 3.97. The molecule has 1 N–H and O–H groups in total. The lowest BCUT2D eigenvalue weighted by molar-refractivity contribution is -0.0329. The van der Waals surface area contributed by atoms with E-state index in [2.05, 4.69) is 15.0 Å². The number of fused-ring (bicyclic) bond motifs is 1. The van der Waals surface area contributed by atoms with Gasteiger partial charge < -0.3 is 4.74 Å². The van der Waals surface area contributed by atoms with Crippen LogP contribution in [0.25, 0.3) is 17.0 Å². The van der Waals surface area contributed by atoms with Gasteiger partial charge in [0, 0.05) is 35.8 Å². The average molecular weight is 471 g/mol. The molecule has 0 amide bonds. The molecular weight excluding hydrogens is 453 g/mol. The topological polar surface area (TPSA) is 117 Å². The van der Waals surface area contributed by atoms with E-state index in [4.69, 9.17) is 14.8 Å². The molecule has 13 heteroatoms. The number of ether oxygens (including phenoxy) is 1. The van der Waals surface area contributed by atoms with Crippen molar-refractivity contribution in [1.82, 2.24) is 19.4 Å². The van der Waals surface area contributed by atoms with Crippen LogP contribution in [0.5, 0.6) is 5.75 Å². The largest absolute Gasteiger partial charge is 0.471 e. The van der Waals surface area contributed by atoms with Crippen LogP contribution in [-0.2, 0) is 9.73 Å². The first-order chi connectivity index (χ1) is 14.3. The first kappa shape index (κ1) is 22.8. The Morgan fingerprint density at radius 1 is 1.32 bits per heavy atom. The minimum absolute atomic E-state index is 0.00588. The van der Waals surface area contributed by atoms with Crippen molar-refractivity contribution in [1.29, 1.82) is 10.0 Å². The van der Waals surface area contributed by atoms with Crippen molar-refractivity contribution < 1.29 is 22.1 Å². The zero-order valence-corrected chi connectivity index (χ0v) is 18.2. The second-order valence-electron chi connectivity index (χ2n) is 6.87. The highest BCUT2D eigenvalue weighted by Gasteiger charge is 2.30. The van der Waals surface area contributed by atoms with Crippen molar-refractivity contribution in [2.45, 2.75) is 41.8 Å². The number of aromatic nitrogens is 4. The van der Waals surface area contributed by atoms with Gasteiger partial charge in [0.2, 0.25) is 0 Å². The van der Waals surface area contributed by atoms with Crippen LogP contribution in [0, 0.1) is 16.1 Å². The van der Waals surface area contributed by atoms with Crippen molar-refractivity contribution in [2.24, 2.45) is 0 Å². The molecule has 3 aromatic heterocycles. The van der Waals surface area contributed by atoms with E-state index in [1.807, 2.05) is 6.07 Å². The van der Waals surface area contributed by atoms with Crippen LogP contribution in [-0.4, -0.2) is 40.4 Å². The van der Waals surface area contributed by atoms with Gasteiger partial charge in [0.25, 0.3) is 0 Å². The van der Waals surface area contributed by atoms with Gasteiger partial charge in [-0.05, 0) is 13.8 Å². The molecule has 1 atom stereocenters. The minimum Gasteiger partial charge on any atom is -0.471 e. The van der Waals surface area contributed by atoms with Gasteiger partial charge in [-0.3, -0.25) is 4.40 Å². The molecule has 164 valence electrons. The van der Waals surface area contributed by atoms with Crippen LogP contribution < -0.4 is 4.74 Å². The van der Waals surface area contributed by atoms with Crippen LogP contribution in [0.3, 0.4) is 0 Å². The summed E-state index contributed by atoms with van der Waals surface area (Å²) in [6, 6.07) is 4.53. The van der Waals surface area contributed by atoms with Gasteiger partial charge in [0.05, 0.1) is 20.8 Å². The van der Waals surface area contributed by atoms with E-state index in [0.29, 0.717) is 0 Å². The number of pyridine rings is 1. The van der Waals surface area contributed by atoms with Gasteiger partial charge >= 0.3 is 5.51 Å². The normalized spacial score (nSPS) is 14.2. The van der Waals surface area contributed by atoms with Gasteiger partial charge in [0.15, 0.2) is 5.60 Å². The number of thioether (sulfide) groups is 1.